The highest BCUT2D eigenvalue weighted by Gasteiger charge is 2.56. The number of allylic oxidation sites excluding steroid dienone is 4. The molecule has 0 N–H and O–H groups in total. The summed E-state index contributed by atoms with van der Waals surface area (Å²) in [5.74, 6) is 2.33. The highest BCUT2D eigenvalue weighted by molar-refractivity contribution is 5.77. The van der Waals surface area contributed by atoms with E-state index in [1.54, 1.807) is 0 Å². The van der Waals surface area contributed by atoms with Gasteiger partial charge in [-0.2, -0.15) is 5.26 Å². The molecule has 1 aliphatic heterocycles. The van der Waals surface area contributed by atoms with Crippen LogP contribution in [0.5, 0.6) is 0 Å². The molecule has 128 valence electrons. The van der Waals surface area contributed by atoms with Crippen molar-refractivity contribution in [3.63, 3.8) is 0 Å². The molecule has 0 unspecified atom stereocenters. The number of rotatable bonds is 0. The maximum atomic E-state index is 12.3. The third kappa shape index (κ3) is 1.98. The number of fused-ring (bicyclic) bond motifs is 5. The van der Waals surface area contributed by atoms with E-state index in [2.05, 4.69) is 37.0 Å². The van der Waals surface area contributed by atoms with Crippen LogP contribution in [0.25, 0.3) is 0 Å². The number of hydrogen-bond acceptors (Lipinski definition) is 2. The minimum absolute atomic E-state index is 0.0422. The summed E-state index contributed by atoms with van der Waals surface area (Å²) in [5, 5.41) is 9.26. The van der Waals surface area contributed by atoms with Gasteiger partial charge in [0.2, 0.25) is 5.91 Å². The third-order valence-electron chi connectivity index (χ3n) is 8.08. The van der Waals surface area contributed by atoms with Crippen molar-refractivity contribution in [1.82, 2.24) is 4.90 Å². The van der Waals surface area contributed by atoms with Crippen molar-refractivity contribution in [2.75, 3.05) is 7.05 Å². The molecule has 0 aromatic rings. The molecule has 0 aromatic carbocycles. The van der Waals surface area contributed by atoms with Crippen LogP contribution in [0.3, 0.4) is 0 Å². The number of carbonyl (C=O) groups excluding carboxylic acids is 1. The summed E-state index contributed by atoms with van der Waals surface area (Å²) in [6, 6.07) is 2.36. The molecule has 4 aliphatic rings. The molecule has 24 heavy (non-hydrogen) atoms. The van der Waals surface area contributed by atoms with Gasteiger partial charge >= 0.3 is 0 Å². The SMILES string of the molecule is CN1C(=O)CC[C@H]2[C@@H]3CC=C4C=C(C#N)CC[C@]4(C)[C@H]3CC[C@@]21C. The van der Waals surface area contributed by atoms with Crippen LogP contribution in [-0.2, 0) is 4.79 Å². The van der Waals surface area contributed by atoms with Crippen molar-refractivity contribution >= 4 is 5.91 Å². The van der Waals surface area contributed by atoms with Gasteiger partial charge in [-0.15, -0.1) is 0 Å². The van der Waals surface area contributed by atoms with Gasteiger partial charge in [0, 0.05) is 24.6 Å². The summed E-state index contributed by atoms with van der Waals surface area (Å²) >= 11 is 0. The molecule has 0 aromatic heterocycles. The van der Waals surface area contributed by atoms with Crippen LogP contribution >= 0.6 is 0 Å². The number of piperidine rings is 1. The molecule has 0 spiro atoms. The van der Waals surface area contributed by atoms with E-state index in [-0.39, 0.29) is 11.0 Å². The number of likely N-dealkylation sites (tertiary alicyclic amines) is 1. The fraction of sp³-hybridized carbons (Fsp3) is 0.714. The maximum Gasteiger partial charge on any atom is 0.222 e. The summed E-state index contributed by atoms with van der Waals surface area (Å²) in [5.41, 5.74) is 2.63. The lowest BCUT2D eigenvalue weighted by Gasteiger charge is -2.61. The predicted molar refractivity (Wildman–Crippen MR) is 93.9 cm³/mol. The molecule has 3 nitrogen and oxygen atoms in total. The van der Waals surface area contributed by atoms with Crippen LogP contribution in [0.2, 0.25) is 0 Å². The molecule has 1 heterocycles. The number of carbonyl (C=O) groups is 1. The van der Waals surface area contributed by atoms with Crippen molar-refractivity contribution in [2.45, 2.75) is 64.3 Å². The van der Waals surface area contributed by atoms with E-state index >= 15 is 0 Å². The Bertz CT molecular complexity index is 684. The van der Waals surface area contributed by atoms with Crippen molar-refractivity contribution in [2.24, 2.45) is 23.2 Å². The van der Waals surface area contributed by atoms with E-state index in [0.29, 0.717) is 30.1 Å². The van der Waals surface area contributed by atoms with Crippen LogP contribution < -0.4 is 0 Å². The van der Waals surface area contributed by atoms with Gasteiger partial charge in [0.15, 0.2) is 0 Å². The average Bonchev–Trinajstić information content (AvgIpc) is 2.58. The standard InChI is InChI=1S/C21H28N2O/c1-20-10-8-14(13-22)12-15(20)4-5-16-17(20)9-11-21(2)18(16)6-7-19(24)23(21)3/h4,12,16-18H,5-11H2,1-3H3/t16-,17+,18+,20+,21+/m1/s1. The van der Waals surface area contributed by atoms with Gasteiger partial charge in [-0.1, -0.05) is 13.0 Å². The van der Waals surface area contributed by atoms with E-state index in [0.717, 1.165) is 37.7 Å². The summed E-state index contributed by atoms with van der Waals surface area (Å²) in [4.78, 5) is 14.3. The molecule has 2 fully saturated rings. The second-order valence-corrected chi connectivity index (χ2v) is 8.86. The Hall–Kier alpha value is -1.56. The quantitative estimate of drug-likeness (QED) is 0.669. The summed E-state index contributed by atoms with van der Waals surface area (Å²) in [7, 11) is 2.02. The lowest BCUT2D eigenvalue weighted by atomic mass is 9.48. The van der Waals surface area contributed by atoms with Gasteiger partial charge in [0.05, 0.1) is 6.07 Å². The minimum atomic E-state index is 0.0422. The monoisotopic (exact) mass is 324 g/mol. The molecule has 3 heteroatoms. The molecule has 0 bridgehead atoms. The Morgan fingerprint density at radius 3 is 2.75 bits per heavy atom. The maximum absolute atomic E-state index is 12.3. The lowest BCUT2D eigenvalue weighted by Crippen LogP contribution is -2.62. The molecule has 4 rings (SSSR count). The molecule has 1 amide bonds. The van der Waals surface area contributed by atoms with Gasteiger partial charge < -0.3 is 4.90 Å². The van der Waals surface area contributed by atoms with Crippen LogP contribution in [0.4, 0.5) is 0 Å². The topological polar surface area (TPSA) is 44.1 Å². The van der Waals surface area contributed by atoms with E-state index in [4.69, 9.17) is 0 Å². The molecule has 0 radical (unpaired) electrons. The normalized spacial score (nSPS) is 44.5. The second-order valence-electron chi connectivity index (χ2n) is 8.86. The first-order chi connectivity index (χ1) is 11.4. The largest absolute Gasteiger partial charge is 0.340 e. The first kappa shape index (κ1) is 15.9. The predicted octanol–water partition coefficient (Wildman–Crippen LogP) is 4.22. The zero-order valence-corrected chi connectivity index (χ0v) is 15.1. The molecule has 1 saturated heterocycles. The Balaban J connectivity index is 1.71. The van der Waals surface area contributed by atoms with E-state index in [1.165, 1.54) is 12.0 Å². The molecule has 1 saturated carbocycles. The highest BCUT2D eigenvalue weighted by Crippen LogP contribution is 2.61. The average molecular weight is 324 g/mol. The Morgan fingerprint density at radius 2 is 2.00 bits per heavy atom. The molecule has 3 aliphatic carbocycles. The number of nitriles is 1. The first-order valence-corrected chi connectivity index (χ1v) is 9.48. The summed E-state index contributed by atoms with van der Waals surface area (Å²) in [6.45, 7) is 4.75. The van der Waals surface area contributed by atoms with Gasteiger partial charge in [-0.25, -0.2) is 0 Å². The summed E-state index contributed by atoms with van der Waals surface area (Å²) in [6.07, 6.45) is 11.8. The highest BCUT2D eigenvalue weighted by atomic mass is 16.2. The third-order valence-corrected chi connectivity index (χ3v) is 8.08. The number of nitrogens with zero attached hydrogens (tertiary/aromatic N) is 2. The Labute approximate surface area is 145 Å². The zero-order valence-electron chi connectivity index (χ0n) is 15.1. The summed E-state index contributed by atoms with van der Waals surface area (Å²) < 4.78 is 0. The molecule has 5 atom stereocenters. The first-order valence-electron chi connectivity index (χ1n) is 9.48. The van der Waals surface area contributed by atoms with Crippen LogP contribution in [0.1, 0.15) is 58.8 Å². The number of amides is 1. The van der Waals surface area contributed by atoms with Gasteiger partial charge in [-0.05, 0) is 80.3 Å². The number of hydrogen-bond donors (Lipinski definition) is 0. The van der Waals surface area contributed by atoms with Gasteiger partial charge in [-0.3, -0.25) is 4.79 Å². The molecular weight excluding hydrogens is 296 g/mol. The smallest absolute Gasteiger partial charge is 0.222 e. The Kier molecular flexibility index (Phi) is 3.46. The van der Waals surface area contributed by atoms with E-state index < -0.39 is 0 Å². The molecular formula is C21H28N2O. The van der Waals surface area contributed by atoms with Crippen LogP contribution in [0.15, 0.2) is 23.3 Å². The lowest BCUT2D eigenvalue weighted by molar-refractivity contribution is -0.152. The van der Waals surface area contributed by atoms with Crippen molar-refractivity contribution in [3.8, 4) is 6.07 Å². The second kappa shape index (κ2) is 5.22. The van der Waals surface area contributed by atoms with Crippen molar-refractivity contribution in [3.05, 3.63) is 23.3 Å². The fourth-order valence-corrected chi connectivity index (χ4v) is 6.39. The van der Waals surface area contributed by atoms with Crippen molar-refractivity contribution < 1.29 is 4.79 Å². The van der Waals surface area contributed by atoms with E-state index in [1.807, 2.05) is 7.05 Å². The van der Waals surface area contributed by atoms with Crippen LogP contribution in [-0.4, -0.2) is 23.4 Å². The van der Waals surface area contributed by atoms with Crippen LogP contribution in [0, 0.1) is 34.5 Å². The Morgan fingerprint density at radius 1 is 1.21 bits per heavy atom. The fourth-order valence-electron chi connectivity index (χ4n) is 6.39. The van der Waals surface area contributed by atoms with Gasteiger partial charge in [0.1, 0.15) is 0 Å². The zero-order chi connectivity index (χ0) is 17.1. The minimum Gasteiger partial charge on any atom is -0.340 e. The van der Waals surface area contributed by atoms with Crippen molar-refractivity contribution in [1.29, 1.82) is 5.26 Å². The van der Waals surface area contributed by atoms with E-state index in [9.17, 15) is 10.1 Å². The van der Waals surface area contributed by atoms with Gasteiger partial charge in [0.25, 0.3) is 0 Å².